The molecule has 1 aromatic rings. The number of nitrogens with zero attached hydrogens (tertiary/aromatic N) is 2. The minimum Gasteiger partial charge on any atom is -0.480 e. The average Bonchev–Trinajstić information content (AvgIpc) is 3.30. The molecule has 0 amide bonds. The fourth-order valence-electron chi connectivity index (χ4n) is 3.41. The van der Waals surface area contributed by atoms with Crippen LogP contribution >= 0.6 is 0 Å². The number of hydrogen-bond acceptors (Lipinski definition) is 3. The van der Waals surface area contributed by atoms with Crippen molar-refractivity contribution in [2.45, 2.75) is 44.3 Å². The molecule has 1 atom stereocenters. The number of carboxylic acid groups (broad SMARTS) is 1. The molecular weight excluding hydrogens is 264 g/mol. The van der Waals surface area contributed by atoms with E-state index in [4.69, 9.17) is 5.11 Å². The van der Waals surface area contributed by atoms with Gasteiger partial charge in [-0.05, 0) is 37.8 Å². The van der Waals surface area contributed by atoms with Crippen molar-refractivity contribution in [1.82, 2.24) is 9.80 Å². The summed E-state index contributed by atoms with van der Waals surface area (Å²) in [6.45, 7) is 3.30. The van der Waals surface area contributed by atoms with Crippen LogP contribution in [0.5, 0.6) is 0 Å². The van der Waals surface area contributed by atoms with E-state index < -0.39 is 5.97 Å². The Morgan fingerprint density at radius 1 is 1.19 bits per heavy atom. The van der Waals surface area contributed by atoms with Gasteiger partial charge in [0, 0.05) is 25.2 Å². The summed E-state index contributed by atoms with van der Waals surface area (Å²) in [6, 6.07) is 11.5. The third-order valence-electron chi connectivity index (χ3n) is 4.53. The van der Waals surface area contributed by atoms with Crippen molar-refractivity contribution in [1.29, 1.82) is 0 Å². The molecule has 3 rings (SSSR count). The zero-order valence-corrected chi connectivity index (χ0v) is 12.4. The summed E-state index contributed by atoms with van der Waals surface area (Å²) in [4.78, 5) is 15.8. The van der Waals surface area contributed by atoms with Gasteiger partial charge in [0.05, 0.1) is 6.54 Å². The lowest BCUT2D eigenvalue weighted by Gasteiger charge is -2.39. The summed E-state index contributed by atoms with van der Waals surface area (Å²) in [7, 11) is 0. The summed E-state index contributed by atoms with van der Waals surface area (Å²) in [6.07, 6.45) is 4.64. The molecule has 1 aliphatic carbocycles. The second-order valence-electron chi connectivity index (χ2n) is 6.31. The summed E-state index contributed by atoms with van der Waals surface area (Å²) >= 11 is 0. The SMILES string of the molecule is O=C(O)CN(C1CC1)[C@H]1CCCN(Cc2ccccc2)C1. The molecule has 1 aliphatic heterocycles. The van der Waals surface area contributed by atoms with Crippen LogP contribution in [-0.4, -0.2) is 52.6 Å². The second-order valence-corrected chi connectivity index (χ2v) is 6.31. The minimum atomic E-state index is -0.693. The number of carbonyl (C=O) groups is 1. The predicted molar refractivity (Wildman–Crippen MR) is 82.1 cm³/mol. The molecule has 2 aliphatic rings. The van der Waals surface area contributed by atoms with Gasteiger partial charge in [-0.25, -0.2) is 0 Å². The van der Waals surface area contributed by atoms with Gasteiger partial charge in [-0.2, -0.15) is 0 Å². The molecular formula is C17H24N2O2. The van der Waals surface area contributed by atoms with Gasteiger partial charge in [-0.1, -0.05) is 30.3 Å². The monoisotopic (exact) mass is 288 g/mol. The number of benzene rings is 1. The number of rotatable bonds is 6. The minimum absolute atomic E-state index is 0.203. The van der Waals surface area contributed by atoms with E-state index >= 15 is 0 Å². The van der Waals surface area contributed by atoms with Crippen molar-refractivity contribution in [3.63, 3.8) is 0 Å². The number of likely N-dealkylation sites (tertiary alicyclic amines) is 1. The Balaban J connectivity index is 1.60. The zero-order chi connectivity index (χ0) is 14.7. The normalized spacial score (nSPS) is 23.4. The maximum Gasteiger partial charge on any atom is 0.317 e. The molecule has 1 saturated carbocycles. The van der Waals surface area contributed by atoms with E-state index in [1.807, 2.05) is 6.07 Å². The summed E-state index contributed by atoms with van der Waals surface area (Å²) in [5, 5.41) is 9.14. The molecule has 1 saturated heterocycles. The Kier molecular flexibility index (Phi) is 4.56. The Hall–Kier alpha value is -1.39. The third kappa shape index (κ3) is 4.05. The van der Waals surface area contributed by atoms with Gasteiger partial charge in [0.1, 0.15) is 0 Å². The van der Waals surface area contributed by atoms with Crippen molar-refractivity contribution < 1.29 is 9.90 Å². The molecule has 1 heterocycles. The Morgan fingerprint density at radius 3 is 2.62 bits per heavy atom. The molecule has 0 radical (unpaired) electrons. The number of aliphatic carboxylic acids is 1. The third-order valence-corrected chi connectivity index (χ3v) is 4.53. The highest BCUT2D eigenvalue weighted by Crippen LogP contribution is 2.31. The Bertz CT molecular complexity index is 473. The first-order chi connectivity index (χ1) is 10.2. The average molecular weight is 288 g/mol. The predicted octanol–water partition coefficient (Wildman–Crippen LogP) is 2.20. The van der Waals surface area contributed by atoms with Crippen LogP contribution < -0.4 is 0 Å². The lowest BCUT2D eigenvalue weighted by Crippen LogP contribution is -2.50. The first-order valence-electron chi connectivity index (χ1n) is 7.96. The van der Waals surface area contributed by atoms with E-state index in [0.717, 1.165) is 26.1 Å². The first-order valence-corrected chi connectivity index (χ1v) is 7.96. The van der Waals surface area contributed by atoms with Crippen LogP contribution in [0.1, 0.15) is 31.2 Å². The van der Waals surface area contributed by atoms with Gasteiger partial charge < -0.3 is 5.11 Å². The van der Waals surface area contributed by atoms with Gasteiger partial charge in [0.2, 0.25) is 0 Å². The zero-order valence-electron chi connectivity index (χ0n) is 12.4. The van der Waals surface area contributed by atoms with Crippen LogP contribution in [0.15, 0.2) is 30.3 Å². The van der Waals surface area contributed by atoms with Crippen LogP contribution in [-0.2, 0) is 11.3 Å². The van der Waals surface area contributed by atoms with Crippen LogP contribution in [0.3, 0.4) is 0 Å². The largest absolute Gasteiger partial charge is 0.480 e. The fourth-order valence-corrected chi connectivity index (χ4v) is 3.41. The number of hydrogen-bond donors (Lipinski definition) is 1. The van der Waals surface area contributed by atoms with E-state index in [0.29, 0.717) is 12.1 Å². The summed E-state index contributed by atoms with van der Waals surface area (Å²) in [5.74, 6) is -0.693. The Labute approximate surface area is 126 Å². The van der Waals surface area contributed by atoms with Gasteiger partial charge in [-0.15, -0.1) is 0 Å². The van der Waals surface area contributed by atoms with Crippen LogP contribution in [0.2, 0.25) is 0 Å². The van der Waals surface area contributed by atoms with Crippen molar-refractivity contribution in [3.05, 3.63) is 35.9 Å². The van der Waals surface area contributed by atoms with Gasteiger partial charge in [0.25, 0.3) is 0 Å². The van der Waals surface area contributed by atoms with Gasteiger partial charge in [0.15, 0.2) is 0 Å². The van der Waals surface area contributed by atoms with Gasteiger partial charge in [-0.3, -0.25) is 14.6 Å². The van der Waals surface area contributed by atoms with Crippen molar-refractivity contribution in [2.24, 2.45) is 0 Å². The molecule has 1 N–H and O–H groups in total. The van der Waals surface area contributed by atoms with Gasteiger partial charge >= 0.3 is 5.97 Å². The summed E-state index contributed by atoms with van der Waals surface area (Å²) in [5.41, 5.74) is 1.34. The first kappa shape index (κ1) is 14.5. The highest BCUT2D eigenvalue weighted by Gasteiger charge is 2.36. The fraction of sp³-hybridized carbons (Fsp3) is 0.588. The smallest absolute Gasteiger partial charge is 0.317 e. The lowest BCUT2D eigenvalue weighted by molar-refractivity contribution is -0.139. The Morgan fingerprint density at radius 2 is 1.95 bits per heavy atom. The molecule has 4 nitrogen and oxygen atoms in total. The van der Waals surface area contributed by atoms with E-state index in [1.165, 1.54) is 24.8 Å². The molecule has 0 spiro atoms. The lowest BCUT2D eigenvalue weighted by atomic mass is 10.0. The van der Waals surface area contributed by atoms with Crippen LogP contribution in [0.25, 0.3) is 0 Å². The van der Waals surface area contributed by atoms with Crippen molar-refractivity contribution >= 4 is 5.97 Å². The van der Waals surface area contributed by atoms with Crippen molar-refractivity contribution in [2.75, 3.05) is 19.6 Å². The maximum absolute atomic E-state index is 11.1. The maximum atomic E-state index is 11.1. The molecule has 0 aromatic heterocycles. The standard InChI is InChI=1S/C17H24N2O2/c20-17(21)13-19(15-8-9-15)16-7-4-10-18(12-16)11-14-5-2-1-3-6-14/h1-3,5-6,15-16H,4,7-13H2,(H,20,21)/t16-/m0/s1. The molecule has 0 bridgehead atoms. The van der Waals surface area contributed by atoms with Crippen molar-refractivity contribution in [3.8, 4) is 0 Å². The van der Waals surface area contributed by atoms with E-state index in [-0.39, 0.29) is 6.54 Å². The number of carboxylic acids is 1. The second kappa shape index (κ2) is 6.58. The quantitative estimate of drug-likeness (QED) is 0.871. The van der Waals surface area contributed by atoms with Crippen LogP contribution in [0.4, 0.5) is 0 Å². The van der Waals surface area contributed by atoms with E-state index in [9.17, 15) is 4.79 Å². The number of piperidine rings is 1. The van der Waals surface area contributed by atoms with E-state index in [2.05, 4.69) is 34.1 Å². The highest BCUT2D eigenvalue weighted by atomic mass is 16.4. The highest BCUT2D eigenvalue weighted by molar-refractivity contribution is 5.69. The molecule has 114 valence electrons. The summed E-state index contributed by atoms with van der Waals surface area (Å²) < 4.78 is 0. The molecule has 0 unspecified atom stereocenters. The molecule has 21 heavy (non-hydrogen) atoms. The molecule has 2 fully saturated rings. The van der Waals surface area contributed by atoms with Crippen LogP contribution in [0, 0.1) is 0 Å². The molecule has 4 heteroatoms. The topological polar surface area (TPSA) is 43.8 Å². The van der Waals surface area contributed by atoms with E-state index in [1.54, 1.807) is 0 Å². The molecule has 1 aromatic carbocycles.